The number of nitro benzene ring substituents is 1. The molecule has 0 spiro atoms. The molecule has 8 heteroatoms. The van der Waals surface area contributed by atoms with Crippen LogP contribution < -0.4 is 4.90 Å². The van der Waals surface area contributed by atoms with Crippen LogP contribution in [0.3, 0.4) is 0 Å². The molecule has 1 heterocycles. The van der Waals surface area contributed by atoms with Gasteiger partial charge in [-0.1, -0.05) is 32.0 Å². The minimum Gasteiger partial charge on any atom is -0.366 e. The van der Waals surface area contributed by atoms with Crippen LogP contribution in [0.1, 0.15) is 25.0 Å². The SMILES string of the molecule is CCN(CC)S(=O)(=O)c1ccc2c(c1)CCN2Cc1ccccc1[N+](=O)[O-]. The summed E-state index contributed by atoms with van der Waals surface area (Å²) in [5, 5.41) is 11.2. The highest BCUT2D eigenvalue weighted by atomic mass is 32.2. The minimum atomic E-state index is -3.49. The highest BCUT2D eigenvalue weighted by molar-refractivity contribution is 7.89. The van der Waals surface area contributed by atoms with Gasteiger partial charge in [0.1, 0.15) is 0 Å². The highest BCUT2D eigenvalue weighted by Crippen LogP contribution is 2.33. The maximum atomic E-state index is 12.7. The summed E-state index contributed by atoms with van der Waals surface area (Å²) in [6.07, 6.45) is 0.720. The van der Waals surface area contributed by atoms with E-state index in [0.29, 0.717) is 36.6 Å². The first-order chi connectivity index (χ1) is 12.9. The van der Waals surface area contributed by atoms with Gasteiger partial charge in [-0.2, -0.15) is 4.31 Å². The van der Waals surface area contributed by atoms with Crippen LogP contribution in [0.25, 0.3) is 0 Å². The molecule has 27 heavy (non-hydrogen) atoms. The predicted molar refractivity (Wildman–Crippen MR) is 104 cm³/mol. The molecular weight excluding hydrogens is 366 g/mol. The number of hydrogen-bond donors (Lipinski definition) is 0. The molecule has 0 aliphatic carbocycles. The molecule has 3 rings (SSSR count). The van der Waals surface area contributed by atoms with Crippen molar-refractivity contribution < 1.29 is 13.3 Å². The van der Waals surface area contributed by atoms with E-state index < -0.39 is 10.0 Å². The molecule has 7 nitrogen and oxygen atoms in total. The Morgan fingerprint density at radius 2 is 1.85 bits per heavy atom. The van der Waals surface area contributed by atoms with E-state index in [4.69, 9.17) is 0 Å². The van der Waals surface area contributed by atoms with Crippen molar-refractivity contribution in [2.75, 3.05) is 24.5 Å². The summed E-state index contributed by atoms with van der Waals surface area (Å²) in [5.41, 5.74) is 2.65. The van der Waals surface area contributed by atoms with E-state index in [1.54, 1.807) is 30.3 Å². The van der Waals surface area contributed by atoms with Gasteiger partial charge in [-0.3, -0.25) is 10.1 Å². The van der Waals surface area contributed by atoms with Crippen molar-refractivity contribution in [3.8, 4) is 0 Å². The minimum absolute atomic E-state index is 0.103. The highest BCUT2D eigenvalue weighted by Gasteiger charge is 2.26. The quantitative estimate of drug-likeness (QED) is 0.536. The molecule has 0 radical (unpaired) electrons. The first kappa shape index (κ1) is 19.3. The van der Waals surface area contributed by atoms with E-state index in [0.717, 1.165) is 17.7 Å². The number of fused-ring (bicyclic) bond motifs is 1. The van der Waals surface area contributed by atoms with E-state index in [-0.39, 0.29) is 10.6 Å². The average molecular weight is 389 g/mol. The van der Waals surface area contributed by atoms with Gasteiger partial charge in [0.25, 0.3) is 5.69 Å². The Kier molecular flexibility index (Phi) is 5.48. The van der Waals surface area contributed by atoms with Gasteiger partial charge in [0.2, 0.25) is 10.0 Å². The first-order valence-corrected chi connectivity index (χ1v) is 10.4. The Balaban J connectivity index is 1.89. The number of nitro groups is 1. The zero-order valence-corrected chi connectivity index (χ0v) is 16.3. The molecule has 0 aromatic heterocycles. The summed E-state index contributed by atoms with van der Waals surface area (Å²) in [5.74, 6) is 0. The predicted octanol–water partition coefficient (Wildman–Crippen LogP) is 3.19. The second kappa shape index (κ2) is 7.66. The van der Waals surface area contributed by atoms with Crippen LogP contribution in [0.2, 0.25) is 0 Å². The van der Waals surface area contributed by atoms with E-state index in [1.807, 2.05) is 19.9 Å². The summed E-state index contributed by atoms with van der Waals surface area (Å²) in [7, 11) is -3.49. The van der Waals surface area contributed by atoms with Crippen LogP contribution in [0.5, 0.6) is 0 Å². The van der Waals surface area contributed by atoms with Gasteiger partial charge in [0, 0.05) is 43.5 Å². The molecule has 0 saturated heterocycles. The molecule has 144 valence electrons. The van der Waals surface area contributed by atoms with E-state index >= 15 is 0 Å². The third-order valence-corrected chi connectivity index (χ3v) is 6.98. The number of benzene rings is 2. The summed E-state index contributed by atoms with van der Waals surface area (Å²) < 4.78 is 26.9. The number of rotatable bonds is 7. The van der Waals surface area contributed by atoms with E-state index in [1.165, 1.54) is 10.4 Å². The van der Waals surface area contributed by atoms with Crippen molar-refractivity contribution in [3.63, 3.8) is 0 Å². The smallest absolute Gasteiger partial charge is 0.274 e. The number of hydrogen-bond acceptors (Lipinski definition) is 5. The van der Waals surface area contributed by atoms with Gasteiger partial charge in [-0.05, 0) is 30.2 Å². The largest absolute Gasteiger partial charge is 0.366 e. The molecule has 2 aromatic carbocycles. The molecule has 0 N–H and O–H groups in total. The van der Waals surface area contributed by atoms with Crippen LogP contribution in [0, 0.1) is 10.1 Å². The van der Waals surface area contributed by atoms with Crippen molar-refractivity contribution in [1.82, 2.24) is 4.31 Å². The Bertz CT molecular complexity index is 955. The van der Waals surface area contributed by atoms with E-state index in [2.05, 4.69) is 4.90 Å². The number of sulfonamides is 1. The van der Waals surface area contributed by atoms with Crippen molar-refractivity contribution >= 4 is 21.4 Å². The summed E-state index contributed by atoms with van der Waals surface area (Å²) in [6, 6.07) is 11.9. The molecule has 2 aromatic rings. The molecule has 1 aliphatic rings. The van der Waals surface area contributed by atoms with Crippen LogP contribution in [0.15, 0.2) is 47.4 Å². The van der Waals surface area contributed by atoms with Gasteiger partial charge in [-0.25, -0.2) is 8.42 Å². The number of para-hydroxylation sites is 1. The van der Waals surface area contributed by atoms with Gasteiger partial charge in [-0.15, -0.1) is 0 Å². The lowest BCUT2D eigenvalue weighted by molar-refractivity contribution is -0.385. The molecule has 0 saturated carbocycles. The zero-order valence-electron chi connectivity index (χ0n) is 15.5. The molecule has 1 aliphatic heterocycles. The maximum Gasteiger partial charge on any atom is 0.274 e. The molecule has 0 fully saturated rings. The lowest BCUT2D eigenvalue weighted by Crippen LogP contribution is -2.30. The third-order valence-electron chi connectivity index (χ3n) is 4.94. The Hall–Kier alpha value is -2.45. The fourth-order valence-electron chi connectivity index (χ4n) is 3.51. The summed E-state index contributed by atoms with van der Waals surface area (Å²) in [6.45, 7) is 5.63. The Labute approximate surface area is 159 Å². The Morgan fingerprint density at radius 1 is 1.15 bits per heavy atom. The number of nitrogens with zero attached hydrogens (tertiary/aromatic N) is 3. The average Bonchev–Trinajstić information content (AvgIpc) is 3.05. The Morgan fingerprint density at radius 3 is 2.52 bits per heavy atom. The molecule has 0 amide bonds. The second-order valence-electron chi connectivity index (χ2n) is 6.44. The molecule has 0 unspecified atom stereocenters. The fourth-order valence-corrected chi connectivity index (χ4v) is 5.02. The van der Waals surface area contributed by atoms with E-state index in [9.17, 15) is 18.5 Å². The normalized spacial score (nSPS) is 13.8. The molecular formula is C19H23N3O4S. The zero-order chi connectivity index (χ0) is 19.6. The third kappa shape index (κ3) is 3.68. The monoisotopic (exact) mass is 389 g/mol. The summed E-state index contributed by atoms with van der Waals surface area (Å²) >= 11 is 0. The van der Waals surface area contributed by atoms with Crippen molar-refractivity contribution in [2.24, 2.45) is 0 Å². The van der Waals surface area contributed by atoms with Crippen LogP contribution in [-0.2, 0) is 23.0 Å². The summed E-state index contributed by atoms with van der Waals surface area (Å²) in [4.78, 5) is 13.2. The lowest BCUT2D eigenvalue weighted by atomic mass is 10.1. The lowest BCUT2D eigenvalue weighted by Gasteiger charge is -2.21. The van der Waals surface area contributed by atoms with Gasteiger partial charge in [0.15, 0.2) is 0 Å². The second-order valence-corrected chi connectivity index (χ2v) is 8.38. The van der Waals surface area contributed by atoms with Crippen LogP contribution >= 0.6 is 0 Å². The van der Waals surface area contributed by atoms with Gasteiger partial charge in [0.05, 0.1) is 9.82 Å². The van der Waals surface area contributed by atoms with Crippen molar-refractivity contribution in [2.45, 2.75) is 31.7 Å². The van der Waals surface area contributed by atoms with Crippen LogP contribution in [-0.4, -0.2) is 37.3 Å². The van der Waals surface area contributed by atoms with Crippen molar-refractivity contribution in [1.29, 1.82) is 0 Å². The standard InChI is InChI=1S/C19H23N3O4S/c1-3-21(4-2)27(25,26)17-9-10-18-15(13-17)11-12-20(18)14-16-7-5-6-8-19(16)22(23)24/h5-10,13H,3-4,11-12,14H2,1-2H3. The van der Waals surface area contributed by atoms with Crippen LogP contribution in [0.4, 0.5) is 11.4 Å². The number of anilines is 1. The maximum absolute atomic E-state index is 12.7. The fraction of sp³-hybridized carbons (Fsp3) is 0.368. The van der Waals surface area contributed by atoms with Gasteiger partial charge < -0.3 is 4.90 Å². The molecule has 0 bridgehead atoms. The van der Waals surface area contributed by atoms with Gasteiger partial charge >= 0.3 is 0 Å². The first-order valence-electron chi connectivity index (χ1n) is 8.98. The topological polar surface area (TPSA) is 83.8 Å². The van der Waals surface area contributed by atoms with Crippen molar-refractivity contribution in [3.05, 3.63) is 63.7 Å². The molecule has 0 atom stereocenters.